The van der Waals surface area contributed by atoms with E-state index >= 15 is 0 Å². The lowest BCUT2D eigenvalue weighted by atomic mass is 9.76. The Hall–Kier alpha value is -2.10. The van der Waals surface area contributed by atoms with Gasteiger partial charge in [-0.25, -0.2) is 4.79 Å². The van der Waals surface area contributed by atoms with Gasteiger partial charge in [0, 0.05) is 17.8 Å². The second-order valence-electron chi connectivity index (χ2n) is 7.47. The summed E-state index contributed by atoms with van der Waals surface area (Å²) in [6, 6.07) is 10.4. The first-order valence-corrected chi connectivity index (χ1v) is 8.02. The van der Waals surface area contributed by atoms with Crippen molar-refractivity contribution in [2.75, 3.05) is 6.54 Å². The molecule has 1 amide bonds. The number of benzene rings is 1. The number of ketones is 1. The van der Waals surface area contributed by atoms with Crippen LogP contribution in [0.3, 0.4) is 0 Å². The van der Waals surface area contributed by atoms with E-state index in [4.69, 9.17) is 4.74 Å². The van der Waals surface area contributed by atoms with Crippen LogP contribution in [0.5, 0.6) is 0 Å². The zero-order valence-electron chi connectivity index (χ0n) is 14.1. The SMILES string of the molecule is CC(C)(C)OC(=O)NCC(=O)CC1C2=C1C2(C)c1ccccc1. The van der Waals surface area contributed by atoms with Crippen molar-refractivity contribution in [3.63, 3.8) is 0 Å². The maximum absolute atomic E-state index is 12.0. The molecule has 2 aliphatic rings. The number of allylic oxidation sites excluding steroid dienone is 2. The van der Waals surface area contributed by atoms with Crippen molar-refractivity contribution in [1.82, 2.24) is 5.32 Å². The van der Waals surface area contributed by atoms with Crippen LogP contribution in [0.15, 0.2) is 41.5 Å². The second-order valence-corrected chi connectivity index (χ2v) is 7.47. The molecule has 4 nitrogen and oxygen atoms in total. The molecule has 0 spiro atoms. The smallest absolute Gasteiger partial charge is 0.408 e. The van der Waals surface area contributed by atoms with Crippen LogP contribution in [0.4, 0.5) is 4.79 Å². The van der Waals surface area contributed by atoms with Gasteiger partial charge in [-0.05, 0) is 44.4 Å². The monoisotopic (exact) mass is 313 g/mol. The van der Waals surface area contributed by atoms with Crippen LogP contribution in [-0.4, -0.2) is 24.0 Å². The van der Waals surface area contributed by atoms with E-state index in [9.17, 15) is 9.59 Å². The summed E-state index contributed by atoms with van der Waals surface area (Å²) < 4.78 is 5.12. The summed E-state index contributed by atoms with van der Waals surface area (Å²) in [6.45, 7) is 7.64. The number of hydrogen-bond donors (Lipinski definition) is 1. The number of ether oxygens (including phenoxy) is 1. The molecule has 0 heterocycles. The van der Waals surface area contributed by atoms with Crippen LogP contribution in [0.1, 0.15) is 39.7 Å². The lowest BCUT2D eigenvalue weighted by molar-refractivity contribution is -0.118. The molecule has 4 heteroatoms. The Kier molecular flexibility index (Phi) is 3.58. The third kappa shape index (κ3) is 3.03. The molecule has 1 aromatic carbocycles. The van der Waals surface area contributed by atoms with Crippen LogP contribution in [0.2, 0.25) is 0 Å². The van der Waals surface area contributed by atoms with Gasteiger partial charge in [0.1, 0.15) is 5.60 Å². The Labute approximate surface area is 136 Å². The van der Waals surface area contributed by atoms with E-state index in [-0.39, 0.29) is 17.7 Å². The van der Waals surface area contributed by atoms with Gasteiger partial charge in [-0.1, -0.05) is 30.3 Å². The predicted octanol–water partition coefficient (Wildman–Crippen LogP) is 3.37. The highest BCUT2D eigenvalue weighted by molar-refractivity contribution is 5.89. The molecule has 0 unspecified atom stereocenters. The van der Waals surface area contributed by atoms with Gasteiger partial charge >= 0.3 is 6.09 Å². The predicted molar refractivity (Wildman–Crippen MR) is 88.2 cm³/mol. The molecule has 3 rings (SSSR count). The summed E-state index contributed by atoms with van der Waals surface area (Å²) in [5, 5.41) is 2.52. The standard InChI is InChI=1S/C19H23NO3/c1-18(2,3)23-17(22)20-11-13(21)10-14-15-16(14)19(15,4)12-8-6-5-7-9-12/h5-9,14H,10-11H2,1-4H3,(H,20,22). The van der Waals surface area contributed by atoms with Crippen molar-refractivity contribution in [3.8, 4) is 0 Å². The quantitative estimate of drug-likeness (QED) is 0.848. The Morgan fingerprint density at radius 3 is 2.35 bits per heavy atom. The summed E-state index contributed by atoms with van der Waals surface area (Å²) in [4.78, 5) is 23.5. The van der Waals surface area contributed by atoms with E-state index in [2.05, 4.69) is 24.4 Å². The fourth-order valence-electron chi connectivity index (χ4n) is 3.38. The number of carbonyl (C=O) groups is 2. The minimum absolute atomic E-state index is 0.0357. The maximum Gasteiger partial charge on any atom is 0.408 e. The minimum atomic E-state index is -0.547. The lowest BCUT2D eigenvalue weighted by Crippen LogP contribution is -2.36. The molecule has 1 N–H and O–H groups in total. The van der Waals surface area contributed by atoms with Crippen LogP contribution >= 0.6 is 0 Å². The van der Waals surface area contributed by atoms with Gasteiger partial charge in [0.2, 0.25) is 0 Å². The molecular formula is C19H23NO3. The molecular weight excluding hydrogens is 290 g/mol. The van der Waals surface area contributed by atoms with E-state index in [1.54, 1.807) is 20.8 Å². The molecule has 0 bridgehead atoms. The Bertz CT molecular complexity index is 668. The maximum atomic E-state index is 12.0. The summed E-state index contributed by atoms with van der Waals surface area (Å²) in [5.41, 5.74) is 3.68. The highest BCUT2D eigenvalue weighted by Gasteiger charge is 2.68. The average molecular weight is 313 g/mol. The summed E-state index contributed by atoms with van der Waals surface area (Å²) >= 11 is 0. The van der Waals surface area contributed by atoms with Crippen molar-refractivity contribution < 1.29 is 14.3 Å². The molecule has 2 aliphatic carbocycles. The number of alkyl carbamates (subject to hydrolysis) is 1. The fourth-order valence-corrected chi connectivity index (χ4v) is 3.38. The van der Waals surface area contributed by atoms with Gasteiger partial charge in [-0.15, -0.1) is 0 Å². The number of rotatable bonds is 5. The summed E-state index contributed by atoms with van der Waals surface area (Å²) in [6.07, 6.45) is -0.0515. The topological polar surface area (TPSA) is 55.4 Å². The summed E-state index contributed by atoms with van der Waals surface area (Å²) in [7, 11) is 0. The van der Waals surface area contributed by atoms with E-state index in [1.165, 1.54) is 16.7 Å². The van der Waals surface area contributed by atoms with Crippen LogP contribution in [0.25, 0.3) is 0 Å². The number of hydrogen-bond acceptors (Lipinski definition) is 3. The Morgan fingerprint density at radius 2 is 1.78 bits per heavy atom. The van der Waals surface area contributed by atoms with Gasteiger partial charge in [-0.2, -0.15) is 0 Å². The molecule has 0 aromatic heterocycles. The number of amides is 1. The van der Waals surface area contributed by atoms with Crippen LogP contribution < -0.4 is 5.32 Å². The third-order valence-electron chi connectivity index (χ3n) is 4.53. The Morgan fingerprint density at radius 1 is 1.17 bits per heavy atom. The van der Waals surface area contributed by atoms with E-state index in [1.807, 2.05) is 18.2 Å². The Balaban J connectivity index is 1.41. The first kappa shape index (κ1) is 15.8. The zero-order chi connectivity index (χ0) is 16.8. The van der Waals surface area contributed by atoms with E-state index in [0.717, 1.165) is 0 Å². The van der Waals surface area contributed by atoms with Crippen molar-refractivity contribution in [2.45, 2.75) is 45.1 Å². The van der Waals surface area contributed by atoms with Crippen molar-refractivity contribution in [1.29, 1.82) is 0 Å². The highest BCUT2D eigenvalue weighted by Crippen LogP contribution is 2.75. The first-order valence-electron chi connectivity index (χ1n) is 8.02. The molecule has 0 aliphatic heterocycles. The normalized spacial score (nSPS) is 18.3. The molecule has 0 atom stereocenters. The minimum Gasteiger partial charge on any atom is -0.444 e. The number of nitrogens with one attached hydrogen (secondary N) is 1. The first-order chi connectivity index (χ1) is 10.7. The highest BCUT2D eigenvalue weighted by atomic mass is 16.6. The average Bonchev–Trinajstić information content (AvgIpc) is 3.34. The van der Waals surface area contributed by atoms with Crippen molar-refractivity contribution in [3.05, 3.63) is 47.0 Å². The molecule has 1 aromatic rings. The van der Waals surface area contributed by atoms with Crippen LogP contribution in [-0.2, 0) is 14.9 Å². The fraction of sp³-hybridized carbons (Fsp3) is 0.474. The molecule has 0 fully saturated rings. The molecule has 23 heavy (non-hydrogen) atoms. The van der Waals surface area contributed by atoms with E-state index in [0.29, 0.717) is 12.3 Å². The van der Waals surface area contributed by atoms with Gasteiger partial charge < -0.3 is 10.1 Å². The largest absolute Gasteiger partial charge is 0.444 e. The molecule has 122 valence electrons. The van der Waals surface area contributed by atoms with Gasteiger partial charge in [0.15, 0.2) is 5.78 Å². The van der Waals surface area contributed by atoms with Crippen molar-refractivity contribution >= 4 is 11.9 Å². The molecule has 0 saturated carbocycles. The number of carbonyl (C=O) groups excluding carboxylic acids is 2. The lowest BCUT2D eigenvalue weighted by Gasteiger charge is -2.26. The third-order valence-corrected chi connectivity index (χ3v) is 4.53. The van der Waals surface area contributed by atoms with Crippen LogP contribution in [0, 0.1) is 5.92 Å². The van der Waals surface area contributed by atoms with Crippen molar-refractivity contribution in [2.24, 2.45) is 5.92 Å². The van der Waals surface area contributed by atoms with Gasteiger partial charge in [0.25, 0.3) is 0 Å². The zero-order valence-corrected chi connectivity index (χ0v) is 14.1. The van der Waals surface area contributed by atoms with Gasteiger partial charge in [0.05, 0.1) is 6.54 Å². The molecule has 0 saturated heterocycles. The van der Waals surface area contributed by atoms with Gasteiger partial charge in [-0.3, -0.25) is 4.79 Å². The number of Topliss-reactive ketones (excluding diaryl/α,β-unsaturated/α-hetero) is 1. The molecule has 0 radical (unpaired) electrons. The van der Waals surface area contributed by atoms with E-state index < -0.39 is 11.7 Å². The summed E-state index contributed by atoms with van der Waals surface area (Å²) in [5.74, 6) is 0.372. The second kappa shape index (κ2) is 5.22.